The molecule has 7 nitrogen and oxygen atoms in total. The molecule has 0 radical (unpaired) electrons. The molecule has 0 bridgehead atoms. The topological polar surface area (TPSA) is 80.1 Å². The van der Waals surface area contributed by atoms with Gasteiger partial charge in [0, 0.05) is 12.7 Å². The summed E-state index contributed by atoms with van der Waals surface area (Å²) in [4.78, 5) is 31.9. The van der Waals surface area contributed by atoms with Gasteiger partial charge < -0.3 is 10.2 Å². The normalized spacial score (nSPS) is 16.0. The van der Waals surface area contributed by atoms with Crippen LogP contribution in [0.3, 0.4) is 0 Å². The lowest BCUT2D eigenvalue weighted by Gasteiger charge is -2.22. The molecule has 0 aliphatic carbocycles. The van der Waals surface area contributed by atoms with Crippen molar-refractivity contribution >= 4 is 38.5 Å². The summed E-state index contributed by atoms with van der Waals surface area (Å²) in [6.45, 7) is 0.462. The fourth-order valence-electron chi connectivity index (χ4n) is 3.75. The summed E-state index contributed by atoms with van der Waals surface area (Å²) in [6, 6.07) is 14.8. The van der Waals surface area contributed by atoms with E-state index in [-0.39, 0.29) is 23.2 Å². The molecule has 1 atom stereocenters. The van der Waals surface area contributed by atoms with Gasteiger partial charge in [0.2, 0.25) is 5.91 Å². The molecule has 1 aliphatic heterocycles. The van der Waals surface area contributed by atoms with Gasteiger partial charge >= 0.3 is 0 Å². The molecule has 156 valence electrons. The number of halogens is 1. The lowest BCUT2D eigenvalue weighted by molar-refractivity contribution is -0.119. The second-order valence-electron chi connectivity index (χ2n) is 7.23. The molecule has 2 aromatic heterocycles. The van der Waals surface area contributed by atoms with Gasteiger partial charge in [0.15, 0.2) is 10.8 Å². The maximum absolute atomic E-state index is 14.0. The van der Waals surface area contributed by atoms with E-state index >= 15 is 0 Å². The minimum Gasteiger partial charge on any atom is -0.325 e. The van der Waals surface area contributed by atoms with Gasteiger partial charge in [-0.25, -0.2) is 14.1 Å². The van der Waals surface area contributed by atoms with Crippen molar-refractivity contribution in [3.8, 4) is 5.69 Å². The number of benzene rings is 2. The summed E-state index contributed by atoms with van der Waals surface area (Å²) in [5.74, 6) is -1.05. The molecule has 4 aromatic rings. The van der Waals surface area contributed by atoms with Gasteiger partial charge in [0.05, 0.1) is 10.2 Å². The van der Waals surface area contributed by atoms with E-state index in [2.05, 4.69) is 15.4 Å². The van der Waals surface area contributed by atoms with E-state index in [4.69, 9.17) is 0 Å². The average molecular weight is 435 g/mol. The molecule has 0 saturated carbocycles. The molecule has 3 heterocycles. The van der Waals surface area contributed by atoms with E-state index < -0.39 is 11.9 Å². The Hall–Kier alpha value is -3.59. The zero-order valence-electron chi connectivity index (χ0n) is 16.4. The van der Waals surface area contributed by atoms with Crippen LogP contribution in [0, 0.1) is 5.82 Å². The predicted molar refractivity (Wildman–Crippen MR) is 116 cm³/mol. The van der Waals surface area contributed by atoms with Crippen LogP contribution in [0.15, 0.2) is 60.8 Å². The summed E-state index contributed by atoms with van der Waals surface area (Å²) in [6.07, 6.45) is 2.83. The van der Waals surface area contributed by atoms with Gasteiger partial charge in [0.25, 0.3) is 5.91 Å². The van der Waals surface area contributed by atoms with E-state index in [1.165, 1.54) is 39.2 Å². The van der Waals surface area contributed by atoms with Crippen LogP contribution < -0.4 is 5.32 Å². The van der Waals surface area contributed by atoms with E-state index in [1.807, 2.05) is 24.3 Å². The number of para-hydroxylation sites is 2. The van der Waals surface area contributed by atoms with Crippen molar-refractivity contribution < 1.29 is 14.0 Å². The van der Waals surface area contributed by atoms with Crippen LogP contribution in [0.4, 0.5) is 9.52 Å². The number of likely N-dealkylation sites (tertiary alicyclic amines) is 1. The van der Waals surface area contributed by atoms with Crippen LogP contribution in [0.1, 0.15) is 23.3 Å². The van der Waals surface area contributed by atoms with Crippen LogP contribution in [-0.4, -0.2) is 44.1 Å². The van der Waals surface area contributed by atoms with E-state index in [0.717, 1.165) is 16.6 Å². The van der Waals surface area contributed by atoms with Crippen molar-refractivity contribution in [3.63, 3.8) is 0 Å². The van der Waals surface area contributed by atoms with Crippen molar-refractivity contribution in [2.45, 2.75) is 18.9 Å². The molecule has 1 N–H and O–H groups in total. The minimum atomic E-state index is -0.599. The fourth-order valence-corrected chi connectivity index (χ4v) is 4.62. The molecule has 2 aromatic carbocycles. The van der Waals surface area contributed by atoms with Crippen molar-refractivity contribution in [2.24, 2.45) is 0 Å². The highest BCUT2D eigenvalue weighted by molar-refractivity contribution is 7.22. The minimum absolute atomic E-state index is 0.169. The van der Waals surface area contributed by atoms with Crippen molar-refractivity contribution in [3.05, 3.63) is 72.3 Å². The third-order valence-electron chi connectivity index (χ3n) is 5.25. The standard InChI is InChI=1S/C22H18FN5O2S/c23-14-6-1-3-8-17(14)28-13-11-16(26-28)21(30)27-12-5-9-18(27)20(29)25-22-24-15-7-2-4-10-19(15)31-22/h1-4,6-8,10-11,13,18H,5,9,12H2,(H,24,25,29). The van der Waals surface area contributed by atoms with Crippen LogP contribution in [0.5, 0.6) is 0 Å². The van der Waals surface area contributed by atoms with Gasteiger partial charge in [-0.1, -0.05) is 35.6 Å². The Labute approximate surface area is 181 Å². The van der Waals surface area contributed by atoms with Crippen molar-refractivity contribution in [2.75, 3.05) is 11.9 Å². The summed E-state index contributed by atoms with van der Waals surface area (Å²) < 4.78 is 16.3. The Kier molecular flexibility index (Phi) is 4.95. The molecule has 5 rings (SSSR count). The molecule has 1 saturated heterocycles. The quantitative estimate of drug-likeness (QED) is 0.528. The highest BCUT2D eigenvalue weighted by atomic mass is 32.1. The molecule has 1 unspecified atom stereocenters. The smallest absolute Gasteiger partial charge is 0.275 e. The Balaban J connectivity index is 1.33. The Morgan fingerprint density at radius 2 is 1.90 bits per heavy atom. The van der Waals surface area contributed by atoms with Crippen molar-refractivity contribution in [1.82, 2.24) is 19.7 Å². The number of anilines is 1. The van der Waals surface area contributed by atoms with E-state index in [1.54, 1.807) is 18.2 Å². The number of hydrogen-bond donors (Lipinski definition) is 1. The van der Waals surface area contributed by atoms with Gasteiger partial charge in [-0.15, -0.1) is 0 Å². The summed E-state index contributed by atoms with van der Waals surface area (Å²) in [7, 11) is 0. The number of nitrogens with zero attached hydrogens (tertiary/aromatic N) is 4. The fraction of sp³-hybridized carbons (Fsp3) is 0.182. The molecule has 1 aliphatic rings. The second-order valence-corrected chi connectivity index (χ2v) is 8.26. The first-order chi connectivity index (χ1) is 15.1. The number of amides is 2. The maximum Gasteiger partial charge on any atom is 0.275 e. The SMILES string of the molecule is O=C(Nc1nc2ccccc2s1)C1CCCN1C(=O)c1ccn(-c2ccccc2F)n1. The average Bonchev–Trinajstić information content (AvgIpc) is 3.52. The van der Waals surface area contributed by atoms with Crippen LogP contribution in [0.25, 0.3) is 15.9 Å². The number of carbonyl (C=O) groups is 2. The summed E-state index contributed by atoms with van der Waals surface area (Å²) >= 11 is 1.39. The first-order valence-corrected chi connectivity index (χ1v) is 10.7. The molecule has 1 fully saturated rings. The molecular weight excluding hydrogens is 417 g/mol. The molecule has 0 spiro atoms. The molecule has 2 amide bonds. The van der Waals surface area contributed by atoms with Gasteiger partial charge in [-0.3, -0.25) is 9.59 Å². The van der Waals surface area contributed by atoms with Crippen molar-refractivity contribution in [1.29, 1.82) is 0 Å². The molecule has 31 heavy (non-hydrogen) atoms. The number of hydrogen-bond acceptors (Lipinski definition) is 5. The Bertz CT molecular complexity index is 1250. The number of thiazole rings is 1. The lowest BCUT2D eigenvalue weighted by Crippen LogP contribution is -2.43. The number of aromatic nitrogens is 3. The first-order valence-electron chi connectivity index (χ1n) is 9.88. The molecular formula is C22H18FN5O2S. The first kappa shape index (κ1) is 19.4. The van der Waals surface area contributed by atoms with Gasteiger partial charge in [0.1, 0.15) is 17.5 Å². The van der Waals surface area contributed by atoms with E-state index in [0.29, 0.717) is 18.1 Å². The Morgan fingerprint density at radius 1 is 1.10 bits per heavy atom. The highest BCUT2D eigenvalue weighted by Crippen LogP contribution is 2.27. The van der Waals surface area contributed by atoms with Gasteiger partial charge in [-0.2, -0.15) is 5.10 Å². The molecule has 9 heteroatoms. The zero-order chi connectivity index (χ0) is 21.4. The third-order valence-corrected chi connectivity index (χ3v) is 6.20. The van der Waals surface area contributed by atoms with E-state index in [9.17, 15) is 14.0 Å². The predicted octanol–water partition coefficient (Wildman–Crippen LogP) is 3.86. The van der Waals surface area contributed by atoms with Crippen LogP contribution in [0.2, 0.25) is 0 Å². The summed E-state index contributed by atoms with van der Waals surface area (Å²) in [5.41, 5.74) is 1.25. The number of fused-ring (bicyclic) bond motifs is 1. The Morgan fingerprint density at radius 3 is 2.74 bits per heavy atom. The number of nitrogens with one attached hydrogen (secondary N) is 1. The van der Waals surface area contributed by atoms with Crippen LogP contribution >= 0.6 is 11.3 Å². The second kappa shape index (κ2) is 7.92. The lowest BCUT2D eigenvalue weighted by atomic mass is 10.2. The monoisotopic (exact) mass is 435 g/mol. The maximum atomic E-state index is 14.0. The third kappa shape index (κ3) is 3.68. The number of rotatable bonds is 4. The number of carbonyl (C=O) groups excluding carboxylic acids is 2. The summed E-state index contributed by atoms with van der Waals surface area (Å²) in [5, 5.41) is 7.59. The highest BCUT2D eigenvalue weighted by Gasteiger charge is 2.35. The van der Waals surface area contributed by atoms with Gasteiger partial charge in [-0.05, 0) is 43.2 Å². The largest absolute Gasteiger partial charge is 0.325 e. The van der Waals surface area contributed by atoms with Crippen LogP contribution in [-0.2, 0) is 4.79 Å². The zero-order valence-corrected chi connectivity index (χ0v) is 17.2.